The zero-order valence-corrected chi connectivity index (χ0v) is 15.9. The summed E-state index contributed by atoms with van der Waals surface area (Å²) in [5.74, 6) is 0.866. The molecule has 0 atom stereocenters. The Kier molecular flexibility index (Phi) is 4.55. The zero-order chi connectivity index (χ0) is 18.8. The molecule has 0 unspecified atom stereocenters. The number of methoxy groups -OCH3 is 1. The zero-order valence-electron chi connectivity index (χ0n) is 15.9. The lowest BCUT2D eigenvalue weighted by Crippen LogP contribution is -2.00. The number of hydrogen-bond donors (Lipinski definition) is 0. The minimum absolute atomic E-state index is 0.866. The highest BCUT2D eigenvalue weighted by Crippen LogP contribution is 2.39. The van der Waals surface area contributed by atoms with Gasteiger partial charge in [0.15, 0.2) is 0 Å². The van der Waals surface area contributed by atoms with Crippen molar-refractivity contribution in [2.24, 2.45) is 0 Å². The van der Waals surface area contributed by atoms with E-state index in [-0.39, 0.29) is 0 Å². The van der Waals surface area contributed by atoms with Crippen LogP contribution in [0, 0.1) is 13.8 Å². The maximum atomic E-state index is 5.34. The first kappa shape index (κ1) is 17.2. The highest BCUT2D eigenvalue weighted by atomic mass is 16.5. The molecule has 0 radical (unpaired) electrons. The number of nitrogens with zero attached hydrogens (tertiary/aromatic N) is 1. The first-order valence-corrected chi connectivity index (χ1v) is 9.18. The topological polar surface area (TPSA) is 14.2 Å². The lowest BCUT2D eigenvalue weighted by Gasteiger charge is -2.13. The summed E-state index contributed by atoms with van der Waals surface area (Å²) >= 11 is 0. The summed E-state index contributed by atoms with van der Waals surface area (Å²) < 4.78 is 7.69. The van der Waals surface area contributed by atoms with Crippen LogP contribution >= 0.6 is 0 Å². The predicted octanol–water partition coefficient (Wildman–Crippen LogP) is 6.44. The molecule has 4 aromatic rings. The molecule has 0 fully saturated rings. The second kappa shape index (κ2) is 7.16. The summed E-state index contributed by atoms with van der Waals surface area (Å²) in [6, 6.07) is 29.5. The van der Waals surface area contributed by atoms with Crippen LogP contribution < -0.4 is 4.74 Å². The standard InChI is InChI=1S/C25H23NO/c1-18-24(20-10-6-4-7-11-20)19(2)26(22-14-16-23(27-3)17-15-22)25(18)21-12-8-5-9-13-21/h4-17H,1-3H3. The Morgan fingerprint density at radius 1 is 0.667 bits per heavy atom. The predicted molar refractivity (Wildman–Crippen MR) is 113 cm³/mol. The van der Waals surface area contributed by atoms with Crippen LogP contribution in [0.1, 0.15) is 11.3 Å². The highest BCUT2D eigenvalue weighted by molar-refractivity contribution is 5.81. The molecular weight excluding hydrogens is 330 g/mol. The molecule has 27 heavy (non-hydrogen) atoms. The lowest BCUT2D eigenvalue weighted by atomic mass is 9.99. The van der Waals surface area contributed by atoms with Crippen molar-refractivity contribution in [1.82, 2.24) is 4.57 Å². The Hall–Kier alpha value is -3.26. The summed E-state index contributed by atoms with van der Waals surface area (Å²) in [5.41, 5.74) is 8.66. The van der Waals surface area contributed by atoms with Gasteiger partial charge in [-0.3, -0.25) is 0 Å². The second-order valence-electron chi connectivity index (χ2n) is 6.70. The van der Waals surface area contributed by atoms with Crippen LogP contribution in [0.4, 0.5) is 0 Å². The molecule has 1 heterocycles. The summed E-state index contributed by atoms with van der Waals surface area (Å²) in [6.07, 6.45) is 0. The van der Waals surface area contributed by atoms with Crippen molar-refractivity contribution < 1.29 is 4.74 Å². The smallest absolute Gasteiger partial charge is 0.119 e. The molecule has 0 aliphatic carbocycles. The van der Waals surface area contributed by atoms with Crippen molar-refractivity contribution in [3.63, 3.8) is 0 Å². The van der Waals surface area contributed by atoms with Crippen LogP contribution in [0.2, 0.25) is 0 Å². The van der Waals surface area contributed by atoms with E-state index in [4.69, 9.17) is 4.74 Å². The minimum Gasteiger partial charge on any atom is -0.497 e. The van der Waals surface area contributed by atoms with Gasteiger partial charge in [-0.2, -0.15) is 0 Å². The van der Waals surface area contributed by atoms with Gasteiger partial charge in [0.25, 0.3) is 0 Å². The van der Waals surface area contributed by atoms with Crippen molar-refractivity contribution in [1.29, 1.82) is 0 Å². The Bertz CT molecular complexity index is 1050. The maximum absolute atomic E-state index is 5.34. The summed E-state index contributed by atoms with van der Waals surface area (Å²) in [4.78, 5) is 0. The first-order valence-electron chi connectivity index (χ1n) is 9.18. The van der Waals surface area contributed by atoms with Crippen molar-refractivity contribution >= 4 is 0 Å². The van der Waals surface area contributed by atoms with Gasteiger partial charge in [-0.25, -0.2) is 0 Å². The van der Waals surface area contributed by atoms with E-state index >= 15 is 0 Å². The van der Waals surface area contributed by atoms with Crippen molar-refractivity contribution in [3.05, 3.63) is 96.2 Å². The fraction of sp³-hybridized carbons (Fsp3) is 0.120. The number of benzene rings is 3. The molecule has 0 aliphatic heterocycles. The van der Waals surface area contributed by atoms with E-state index < -0.39 is 0 Å². The highest BCUT2D eigenvalue weighted by Gasteiger charge is 2.20. The molecule has 2 heteroatoms. The van der Waals surface area contributed by atoms with Crippen LogP contribution in [0.15, 0.2) is 84.9 Å². The molecule has 0 saturated carbocycles. The van der Waals surface area contributed by atoms with Crippen LogP contribution in [-0.2, 0) is 0 Å². The summed E-state index contributed by atoms with van der Waals surface area (Å²) in [6.45, 7) is 4.42. The monoisotopic (exact) mass is 353 g/mol. The van der Waals surface area contributed by atoms with E-state index in [0.717, 1.165) is 11.4 Å². The van der Waals surface area contributed by atoms with Gasteiger partial charge < -0.3 is 9.30 Å². The Labute approximate surface area is 160 Å². The maximum Gasteiger partial charge on any atom is 0.119 e. The molecule has 1 aromatic heterocycles. The third kappa shape index (κ3) is 3.04. The van der Waals surface area contributed by atoms with Gasteiger partial charge in [-0.15, -0.1) is 0 Å². The molecule has 0 amide bonds. The third-order valence-electron chi connectivity index (χ3n) is 5.09. The molecule has 0 aliphatic rings. The summed E-state index contributed by atoms with van der Waals surface area (Å²) in [5, 5.41) is 0. The SMILES string of the molecule is COc1ccc(-n2c(C)c(-c3ccccc3)c(C)c2-c2ccccc2)cc1. The van der Waals surface area contributed by atoms with Crippen molar-refractivity contribution in [2.75, 3.05) is 7.11 Å². The molecule has 4 rings (SSSR count). The van der Waals surface area contributed by atoms with E-state index in [9.17, 15) is 0 Å². The van der Waals surface area contributed by atoms with Gasteiger partial charge in [0.1, 0.15) is 5.75 Å². The lowest BCUT2D eigenvalue weighted by molar-refractivity contribution is 0.414. The van der Waals surface area contributed by atoms with Crippen LogP contribution in [0.5, 0.6) is 5.75 Å². The van der Waals surface area contributed by atoms with E-state index in [0.29, 0.717) is 0 Å². The fourth-order valence-electron chi connectivity index (χ4n) is 3.86. The van der Waals surface area contributed by atoms with Gasteiger partial charge in [0.2, 0.25) is 0 Å². The Balaban J connectivity index is 2.01. The van der Waals surface area contributed by atoms with Crippen LogP contribution in [-0.4, -0.2) is 11.7 Å². The van der Waals surface area contributed by atoms with Gasteiger partial charge in [-0.05, 0) is 54.8 Å². The second-order valence-corrected chi connectivity index (χ2v) is 6.70. The van der Waals surface area contributed by atoms with E-state index in [1.165, 1.54) is 33.6 Å². The fourth-order valence-corrected chi connectivity index (χ4v) is 3.86. The Morgan fingerprint density at radius 3 is 1.78 bits per heavy atom. The number of hydrogen-bond acceptors (Lipinski definition) is 1. The van der Waals surface area contributed by atoms with Crippen LogP contribution in [0.25, 0.3) is 28.1 Å². The Morgan fingerprint density at radius 2 is 1.22 bits per heavy atom. The normalized spacial score (nSPS) is 10.8. The van der Waals surface area contributed by atoms with Crippen molar-refractivity contribution in [2.45, 2.75) is 13.8 Å². The number of aromatic nitrogens is 1. The van der Waals surface area contributed by atoms with Gasteiger partial charge in [0.05, 0.1) is 12.8 Å². The molecule has 0 spiro atoms. The average Bonchev–Trinajstić information content (AvgIpc) is 2.99. The van der Waals surface area contributed by atoms with Gasteiger partial charge >= 0.3 is 0 Å². The molecule has 3 aromatic carbocycles. The third-order valence-corrected chi connectivity index (χ3v) is 5.09. The molecular formula is C25H23NO. The summed E-state index contributed by atoms with van der Waals surface area (Å²) in [7, 11) is 1.70. The largest absolute Gasteiger partial charge is 0.497 e. The number of rotatable bonds is 4. The molecule has 0 N–H and O–H groups in total. The van der Waals surface area contributed by atoms with Crippen LogP contribution in [0.3, 0.4) is 0 Å². The van der Waals surface area contributed by atoms with E-state index in [1.54, 1.807) is 7.11 Å². The quantitative estimate of drug-likeness (QED) is 0.412. The number of ether oxygens (including phenoxy) is 1. The van der Waals surface area contributed by atoms with Gasteiger partial charge in [-0.1, -0.05) is 60.7 Å². The van der Waals surface area contributed by atoms with Crippen molar-refractivity contribution in [3.8, 4) is 33.8 Å². The van der Waals surface area contributed by atoms with Gasteiger partial charge in [0, 0.05) is 16.9 Å². The van der Waals surface area contributed by atoms with E-state index in [1.807, 2.05) is 12.1 Å². The molecule has 0 bridgehead atoms. The molecule has 2 nitrogen and oxygen atoms in total. The molecule has 0 saturated heterocycles. The average molecular weight is 353 g/mol. The van der Waals surface area contributed by atoms with E-state index in [2.05, 4.69) is 91.2 Å². The first-order chi connectivity index (χ1) is 13.2. The minimum atomic E-state index is 0.866. The molecule has 134 valence electrons.